The molecule has 1 aromatic heterocycles. The molecule has 2 aromatic carbocycles. The Hall–Kier alpha value is -3.25. The SMILES string of the molecule is COc1ccc(NC(=O)c2cncc(Nc3ccc(C)c(Cl)c3)c2)cc1OC. The second-order valence-electron chi connectivity index (χ2n) is 6.08. The van der Waals surface area contributed by atoms with Crippen LogP contribution in [0.4, 0.5) is 17.1 Å². The minimum Gasteiger partial charge on any atom is -0.493 e. The number of aryl methyl sites for hydroxylation is 1. The Morgan fingerprint density at radius 1 is 0.929 bits per heavy atom. The first kappa shape index (κ1) is 19.5. The molecule has 0 aliphatic carbocycles. The zero-order chi connectivity index (χ0) is 20.1. The monoisotopic (exact) mass is 397 g/mol. The highest BCUT2D eigenvalue weighted by Crippen LogP contribution is 2.30. The van der Waals surface area contributed by atoms with Crippen LogP contribution in [0.1, 0.15) is 15.9 Å². The van der Waals surface area contributed by atoms with E-state index in [1.165, 1.54) is 6.20 Å². The molecule has 3 rings (SSSR count). The molecule has 0 saturated carbocycles. The molecule has 0 fully saturated rings. The van der Waals surface area contributed by atoms with Crippen LogP contribution in [0.5, 0.6) is 11.5 Å². The number of pyridine rings is 1. The Balaban J connectivity index is 1.76. The van der Waals surface area contributed by atoms with E-state index < -0.39 is 0 Å². The maximum atomic E-state index is 12.6. The minimum absolute atomic E-state index is 0.287. The number of nitrogens with one attached hydrogen (secondary N) is 2. The lowest BCUT2D eigenvalue weighted by Crippen LogP contribution is -2.12. The summed E-state index contributed by atoms with van der Waals surface area (Å²) in [4.78, 5) is 16.7. The maximum Gasteiger partial charge on any atom is 0.257 e. The number of halogens is 1. The van der Waals surface area contributed by atoms with E-state index in [0.717, 1.165) is 11.3 Å². The lowest BCUT2D eigenvalue weighted by Gasteiger charge is -2.11. The summed E-state index contributed by atoms with van der Waals surface area (Å²) in [7, 11) is 3.10. The van der Waals surface area contributed by atoms with E-state index in [9.17, 15) is 4.79 Å². The van der Waals surface area contributed by atoms with E-state index in [-0.39, 0.29) is 5.91 Å². The fourth-order valence-corrected chi connectivity index (χ4v) is 2.77. The van der Waals surface area contributed by atoms with Gasteiger partial charge in [0.1, 0.15) is 0 Å². The van der Waals surface area contributed by atoms with Crippen molar-refractivity contribution in [2.45, 2.75) is 6.92 Å². The number of ether oxygens (including phenoxy) is 2. The van der Waals surface area contributed by atoms with Crippen LogP contribution in [0.2, 0.25) is 5.02 Å². The fraction of sp³-hybridized carbons (Fsp3) is 0.143. The summed E-state index contributed by atoms with van der Waals surface area (Å²) in [5.74, 6) is 0.834. The molecule has 1 heterocycles. The van der Waals surface area contributed by atoms with Gasteiger partial charge in [0, 0.05) is 28.7 Å². The normalized spacial score (nSPS) is 10.3. The molecule has 28 heavy (non-hydrogen) atoms. The molecule has 6 nitrogen and oxygen atoms in total. The van der Waals surface area contributed by atoms with Gasteiger partial charge in [0.2, 0.25) is 0 Å². The number of rotatable bonds is 6. The Morgan fingerprint density at radius 2 is 1.68 bits per heavy atom. The third-order valence-electron chi connectivity index (χ3n) is 4.10. The van der Waals surface area contributed by atoms with Gasteiger partial charge in [-0.25, -0.2) is 0 Å². The molecule has 144 valence electrons. The smallest absolute Gasteiger partial charge is 0.257 e. The average Bonchev–Trinajstić information content (AvgIpc) is 2.71. The van der Waals surface area contributed by atoms with Crippen LogP contribution in [-0.2, 0) is 0 Å². The van der Waals surface area contributed by atoms with E-state index in [0.29, 0.717) is 33.5 Å². The van der Waals surface area contributed by atoms with Crippen molar-refractivity contribution in [3.8, 4) is 11.5 Å². The lowest BCUT2D eigenvalue weighted by atomic mass is 10.2. The van der Waals surface area contributed by atoms with Gasteiger partial charge in [-0.2, -0.15) is 0 Å². The molecule has 1 amide bonds. The summed E-state index contributed by atoms with van der Waals surface area (Å²) in [5, 5.41) is 6.70. The van der Waals surface area contributed by atoms with Crippen molar-refractivity contribution in [2.24, 2.45) is 0 Å². The van der Waals surface area contributed by atoms with Crippen molar-refractivity contribution >= 4 is 34.6 Å². The second kappa shape index (κ2) is 8.63. The number of nitrogens with zero attached hydrogens (tertiary/aromatic N) is 1. The summed E-state index contributed by atoms with van der Waals surface area (Å²) in [6.45, 7) is 1.94. The van der Waals surface area contributed by atoms with Crippen molar-refractivity contribution in [3.63, 3.8) is 0 Å². The third-order valence-corrected chi connectivity index (χ3v) is 4.51. The van der Waals surface area contributed by atoms with Crippen LogP contribution in [0, 0.1) is 6.92 Å². The van der Waals surface area contributed by atoms with Crippen LogP contribution in [0.25, 0.3) is 0 Å². The van der Waals surface area contributed by atoms with Gasteiger partial charge in [0.05, 0.1) is 31.7 Å². The highest BCUT2D eigenvalue weighted by Gasteiger charge is 2.11. The molecule has 2 N–H and O–H groups in total. The van der Waals surface area contributed by atoms with Crippen LogP contribution in [0.3, 0.4) is 0 Å². The number of aromatic nitrogens is 1. The van der Waals surface area contributed by atoms with Crippen molar-refractivity contribution in [2.75, 3.05) is 24.9 Å². The fourth-order valence-electron chi connectivity index (χ4n) is 2.59. The highest BCUT2D eigenvalue weighted by atomic mass is 35.5. The van der Waals surface area contributed by atoms with Gasteiger partial charge in [-0.1, -0.05) is 17.7 Å². The summed E-state index contributed by atoms with van der Waals surface area (Å²) in [6.07, 6.45) is 3.14. The Morgan fingerprint density at radius 3 is 2.39 bits per heavy atom. The van der Waals surface area contributed by atoms with Crippen molar-refractivity contribution in [1.29, 1.82) is 0 Å². The third kappa shape index (κ3) is 4.53. The van der Waals surface area contributed by atoms with Crippen LogP contribution in [-0.4, -0.2) is 25.1 Å². The molecule has 0 spiro atoms. The second-order valence-corrected chi connectivity index (χ2v) is 6.48. The van der Waals surface area contributed by atoms with Crippen LogP contribution >= 0.6 is 11.6 Å². The standard InChI is InChI=1S/C21H20ClN3O3/c1-13-4-5-15(9-18(13)22)24-17-8-14(11-23-12-17)21(26)25-16-6-7-19(27-2)20(10-16)28-3/h4-12,24H,1-3H3,(H,25,26). The summed E-state index contributed by atoms with van der Waals surface area (Å²) >= 11 is 6.16. The van der Waals surface area contributed by atoms with Crippen molar-refractivity contribution in [1.82, 2.24) is 4.98 Å². The Bertz CT molecular complexity index is 1010. The predicted octanol–water partition coefficient (Wildman–Crippen LogP) is 5.06. The van der Waals surface area contributed by atoms with Gasteiger partial charge in [0.25, 0.3) is 5.91 Å². The number of amides is 1. The van der Waals surface area contributed by atoms with Crippen LogP contribution < -0.4 is 20.1 Å². The van der Waals surface area contributed by atoms with Crippen LogP contribution in [0.15, 0.2) is 54.9 Å². The number of benzene rings is 2. The lowest BCUT2D eigenvalue weighted by molar-refractivity contribution is 0.102. The molecule has 0 aliphatic heterocycles. The molecule has 0 unspecified atom stereocenters. The van der Waals surface area contributed by atoms with E-state index in [2.05, 4.69) is 15.6 Å². The van der Waals surface area contributed by atoms with Crippen molar-refractivity contribution < 1.29 is 14.3 Å². The first-order chi connectivity index (χ1) is 13.5. The Labute approximate surface area is 168 Å². The molecule has 7 heteroatoms. The maximum absolute atomic E-state index is 12.6. The summed E-state index contributed by atoms with van der Waals surface area (Å²) in [5.41, 5.74) is 3.49. The Kier molecular flexibility index (Phi) is 6.01. The van der Waals surface area contributed by atoms with E-state index in [1.807, 2.05) is 25.1 Å². The van der Waals surface area contributed by atoms with E-state index in [4.69, 9.17) is 21.1 Å². The number of anilines is 3. The van der Waals surface area contributed by atoms with Gasteiger partial charge < -0.3 is 20.1 Å². The molecule has 3 aromatic rings. The summed E-state index contributed by atoms with van der Waals surface area (Å²) in [6, 6.07) is 12.5. The topological polar surface area (TPSA) is 72.5 Å². The van der Waals surface area contributed by atoms with Gasteiger partial charge in [0.15, 0.2) is 11.5 Å². The predicted molar refractivity (Wildman–Crippen MR) is 111 cm³/mol. The number of carbonyl (C=O) groups is 1. The molecule has 0 saturated heterocycles. The molecular weight excluding hydrogens is 378 g/mol. The highest BCUT2D eigenvalue weighted by molar-refractivity contribution is 6.31. The zero-order valence-corrected chi connectivity index (χ0v) is 16.5. The van der Waals surface area contributed by atoms with Gasteiger partial charge in [-0.05, 0) is 42.8 Å². The first-order valence-electron chi connectivity index (χ1n) is 8.52. The number of carbonyl (C=O) groups excluding carboxylic acids is 1. The van der Waals surface area contributed by atoms with E-state index >= 15 is 0 Å². The molecule has 0 atom stereocenters. The molecular formula is C21H20ClN3O3. The van der Waals surface area contributed by atoms with E-state index in [1.54, 1.807) is 44.7 Å². The zero-order valence-electron chi connectivity index (χ0n) is 15.7. The van der Waals surface area contributed by atoms with Gasteiger partial charge in [-0.3, -0.25) is 9.78 Å². The number of methoxy groups -OCH3 is 2. The van der Waals surface area contributed by atoms with Gasteiger partial charge in [-0.15, -0.1) is 0 Å². The molecule has 0 radical (unpaired) electrons. The number of hydrogen-bond acceptors (Lipinski definition) is 5. The average molecular weight is 398 g/mol. The quantitative estimate of drug-likeness (QED) is 0.608. The van der Waals surface area contributed by atoms with Gasteiger partial charge >= 0.3 is 0 Å². The molecule has 0 bridgehead atoms. The minimum atomic E-state index is -0.287. The number of hydrogen-bond donors (Lipinski definition) is 2. The summed E-state index contributed by atoms with van der Waals surface area (Å²) < 4.78 is 10.5. The van der Waals surface area contributed by atoms with Crippen molar-refractivity contribution in [3.05, 3.63) is 71.0 Å². The largest absolute Gasteiger partial charge is 0.493 e. The first-order valence-corrected chi connectivity index (χ1v) is 8.89. The molecule has 0 aliphatic rings.